The number of para-hydroxylation sites is 1. The molecule has 0 radical (unpaired) electrons. The van der Waals surface area contributed by atoms with E-state index in [1.54, 1.807) is 0 Å². The maximum atomic E-state index is 2.59. The van der Waals surface area contributed by atoms with Gasteiger partial charge in [-0.15, -0.1) is 0 Å². The Balaban J connectivity index is 1.31. The van der Waals surface area contributed by atoms with Crippen molar-refractivity contribution in [1.29, 1.82) is 0 Å². The molecule has 0 N–H and O–H groups in total. The van der Waals surface area contributed by atoms with Crippen LogP contribution in [-0.4, -0.2) is 9.13 Å². The minimum absolute atomic E-state index is 0.0834. The zero-order chi connectivity index (χ0) is 36.0. The highest BCUT2D eigenvalue weighted by atomic mass is 15.0. The third-order valence-corrected chi connectivity index (χ3v) is 13.4. The fourth-order valence-corrected chi connectivity index (χ4v) is 10.3. The number of aromatic nitrogens is 2. The summed E-state index contributed by atoms with van der Waals surface area (Å²) in [6.07, 6.45) is 2.38. The van der Waals surface area contributed by atoms with Crippen LogP contribution in [0.4, 0.5) is 0 Å². The maximum absolute atomic E-state index is 2.59. The second-order valence-electron chi connectivity index (χ2n) is 17.7. The van der Waals surface area contributed by atoms with Gasteiger partial charge in [0.2, 0.25) is 0 Å². The molecule has 0 unspecified atom stereocenters. The van der Waals surface area contributed by atoms with E-state index in [9.17, 15) is 0 Å². The normalized spacial score (nSPS) is 16.8. The third-order valence-electron chi connectivity index (χ3n) is 13.4. The van der Waals surface area contributed by atoms with Gasteiger partial charge in [-0.2, -0.15) is 0 Å². The van der Waals surface area contributed by atoms with E-state index in [-0.39, 0.29) is 16.2 Å². The van der Waals surface area contributed by atoms with Gasteiger partial charge in [-0.05, 0) is 111 Å². The second kappa shape index (κ2) is 10.3. The molecule has 2 aliphatic carbocycles. The topological polar surface area (TPSA) is 9.86 Å². The van der Waals surface area contributed by atoms with Crippen molar-refractivity contribution in [2.75, 3.05) is 0 Å². The standard InChI is InChI=1S/C51H44N2/c1-49(2)24-25-50(3,4)44-29-45-40(28-43(44)49)39-27-38-37-22-20-31-14-10-11-17-34(31)48(37)53(32-15-8-7-9-16-32)47(38)30-46(39)52(45)33-21-23-36-35-18-12-13-19-41(35)51(5,6)42(36)26-33/h7-23,26-30H,24-25H2,1-6H3. The Morgan fingerprint density at radius 1 is 0.396 bits per heavy atom. The number of hydrogen-bond donors (Lipinski definition) is 0. The van der Waals surface area contributed by atoms with Crippen LogP contribution in [0.1, 0.15) is 76.6 Å². The summed E-state index contributed by atoms with van der Waals surface area (Å²) >= 11 is 0. The van der Waals surface area contributed by atoms with Gasteiger partial charge in [0.05, 0.1) is 22.1 Å². The lowest BCUT2D eigenvalue weighted by Gasteiger charge is -2.42. The zero-order valence-corrected chi connectivity index (χ0v) is 31.5. The van der Waals surface area contributed by atoms with Gasteiger partial charge in [-0.3, -0.25) is 0 Å². The predicted molar refractivity (Wildman–Crippen MR) is 225 cm³/mol. The quantitative estimate of drug-likeness (QED) is 0.172. The highest BCUT2D eigenvalue weighted by molar-refractivity contribution is 6.23. The predicted octanol–water partition coefficient (Wildman–Crippen LogP) is 13.7. The maximum Gasteiger partial charge on any atom is 0.0619 e. The summed E-state index contributed by atoms with van der Waals surface area (Å²) in [7, 11) is 0. The molecule has 0 saturated heterocycles. The van der Waals surface area contributed by atoms with Crippen LogP contribution in [0.25, 0.3) is 76.9 Å². The van der Waals surface area contributed by atoms with Gasteiger partial charge in [0.15, 0.2) is 0 Å². The van der Waals surface area contributed by atoms with E-state index in [1.165, 1.54) is 112 Å². The van der Waals surface area contributed by atoms with Crippen LogP contribution in [0.3, 0.4) is 0 Å². The Bertz CT molecular complexity index is 3020. The number of fused-ring (bicyclic) bond motifs is 12. The molecule has 11 rings (SSSR count). The molecule has 2 aliphatic rings. The molecule has 53 heavy (non-hydrogen) atoms. The number of rotatable bonds is 2. The van der Waals surface area contributed by atoms with Gasteiger partial charge in [-0.25, -0.2) is 0 Å². The molecular formula is C51H44N2. The highest BCUT2D eigenvalue weighted by Crippen LogP contribution is 2.52. The van der Waals surface area contributed by atoms with Crippen LogP contribution in [0.15, 0.2) is 133 Å². The SMILES string of the molecule is CC1(C)CCC(C)(C)c2cc3c(cc21)c1cc2c4ccc5ccccc5c4n(-c4ccccc4)c2cc1n3-c1ccc2c(c1)C(C)(C)c1ccccc1-2. The molecule has 0 fully saturated rings. The van der Waals surface area contributed by atoms with E-state index < -0.39 is 0 Å². The molecule has 2 aromatic heterocycles. The lowest BCUT2D eigenvalue weighted by Crippen LogP contribution is -2.33. The fraction of sp³-hybridized carbons (Fsp3) is 0.216. The summed E-state index contributed by atoms with van der Waals surface area (Å²) < 4.78 is 5.10. The van der Waals surface area contributed by atoms with Crippen molar-refractivity contribution in [2.45, 2.75) is 70.6 Å². The van der Waals surface area contributed by atoms with Crippen molar-refractivity contribution in [3.05, 3.63) is 156 Å². The van der Waals surface area contributed by atoms with Crippen LogP contribution >= 0.6 is 0 Å². The van der Waals surface area contributed by atoms with Crippen molar-refractivity contribution < 1.29 is 0 Å². The number of benzene rings is 7. The number of hydrogen-bond acceptors (Lipinski definition) is 0. The molecule has 0 spiro atoms. The molecule has 2 heterocycles. The summed E-state index contributed by atoms with van der Waals surface area (Å²) in [5.41, 5.74) is 16.1. The van der Waals surface area contributed by atoms with Gasteiger partial charge in [0.1, 0.15) is 0 Å². The molecule has 0 bridgehead atoms. The molecule has 0 aliphatic heterocycles. The van der Waals surface area contributed by atoms with Crippen LogP contribution in [0.2, 0.25) is 0 Å². The van der Waals surface area contributed by atoms with E-state index >= 15 is 0 Å². The van der Waals surface area contributed by atoms with Crippen molar-refractivity contribution in [1.82, 2.24) is 9.13 Å². The van der Waals surface area contributed by atoms with E-state index in [2.05, 4.69) is 184 Å². The minimum atomic E-state index is -0.0834. The largest absolute Gasteiger partial charge is 0.309 e. The van der Waals surface area contributed by atoms with Gasteiger partial charge in [0, 0.05) is 43.7 Å². The fourth-order valence-electron chi connectivity index (χ4n) is 10.3. The van der Waals surface area contributed by atoms with Crippen LogP contribution in [0, 0.1) is 0 Å². The van der Waals surface area contributed by atoms with E-state index in [4.69, 9.17) is 0 Å². The molecule has 0 atom stereocenters. The molecule has 0 amide bonds. The molecule has 2 heteroatoms. The molecule has 2 nitrogen and oxygen atoms in total. The van der Waals surface area contributed by atoms with Crippen molar-refractivity contribution in [3.63, 3.8) is 0 Å². The average molecular weight is 685 g/mol. The third kappa shape index (κ3) is 4.10. The summed E-state index contributed by atoms with van der Waals surface area (Å²) in [4.78, 5) is 0. The second-order valence-corrected chi connectivity index (χ2v) is 17.7. The van der Waals surface area contributed by atoms with Crippen molar-refractivity contribution in [2.24, 2.45) is 0 Å². The first-order valence-electron chi connectivity index (χ1n) is 19.3. The zero-order valence-electron chi connectivity index (χ0n) is 31.5. The Morgan fingerprint density at radius 3 is 1.83 bits per heavy atom. The molecule has 7 aromatic carbocycles. The first kappa shape index (κ1) is 31.0. The minimum Gasteiger partial charge on any atom is -0.309 e. The monoisotopic (exact) mass is 684 g/mol. The first-order valence-corrected chi connectivity index (χ1v) is 19.3. The van der Waals surface area contributed by atoms with Crippen LogP contribution < -0.4 is 0 Å². The number of nitrogens with zero attached hydrogens (tertiary/aromatic N) is 2. The van der Waals surface area contributed by atoms with E-state index in [1.807, 2.05) is 0 Å². The first-order chi connectivity index (χ1) is 25.5. The van der Waals surface area contributed by atoms with Gasteiger partial charge >= 0.3 is 0 Å². The molecular weight excluding hydrogens is 641 g/mol. The molecule has 0 saturated carbocycles. The summed E-state index contributed by atoms with van der Waals surface area (Å²) in [6, 6.07) is 50.8. The summed E-state index contributed by atoms with van der Waals surface area (Å²) in [5.74, 6) is 0. The Kier molecular flexibility index (Phi) is 6.01. The summed E-state index contributed by atoms with van der Waals surface area (Å²) in [5, 5.41) is 7.79. The van der Waals surface area contributed by atoms with Crippen LogP contribution in [0.5, 0.6) is 0 Å². The van der Waals surface area contributed by atoms with Crippen LogP contribution in [-0.2, 0) is 16.2 Å². The average Bonchev–Trinajstić information content (AvgIpc) is 3.75. The Hall–Kier alpha value is -5.60. The Morgan fingerprint density at radius 2 is 1.02 bits per heavy atom. The van der Waals surface area contributed by atoms with E-state index in [0.717, 1.165) is 0 Å². The van der Waals surface area contributed by atoms with Crippen molar-refractivity contribution in [3.8, 4) is 22.5 Å². The van der Waals surface area contributed by atoms with E-state index in [0.29, 0.717) is 0 Å². The van der Waals surface area contributed by atoms with Crippen molar-refractivity contribution >= 4 is 54.4 Å². The van der Waals surface area contributed by atoms with Gasteiger partial charge in [0.25, 0.3) is 0 Å². The lowest BCUT2D eigenvalue weighted by molar-refractivity contribution is 0.332. The highest BCUT2D eigenvalue weighted by Gasteiger charge is 2.39. The molecule has 258 valence electrons. The lowest BCUT2D eigenvalue weighted by atomic mass is 9.63. The van der Waals surface area contributed by atoms with Gasteiger partial charge in [-0.1, -0.05) is 126 Å². The summed E-state index contributed by atoms with van der Waals surface area (Å²) in [6.45, 7) is 14.6. The Labute approximate surface area is 311 Å². The van der Waals surface area contributed by atoms with Gasteiger partial charge < -0.3 is 9.13 Å². The molecule has 9 aromatic rings. The smallest absolute Gasteiger partial charge is 0.0619 e.